The summed E-state index contributed by atoms with van der Waals surface area (Å²) < 4.78 is 82.0. The molecule has 0 aromatic rings. The van der Waals surface area contributed by atoms with E-state index in [1.807, 2.05) is 0 Å². The van der Waals surface area contributed by atoms with Gasteiger partial charge in [0.2, 0.25) is 0 Å². The van der Waals surface area contributed by atoms with E-state index < -0.39 is 99.2 Å². The highest BCUT2D eigenvalue weighted by molar-refractivity contribution is 7.47. The number of unbranched alkanes of at least 4 members (excludes halogenated alkanes) is 23. The van der Waals surface area contributed by atoms with Crippen molar-refractivity contribution in [3.8, 4) is 0 Å². The van der Waals surface area contributed by atoms with Gasteiger partial charge >= 0.3 is 43.2 Å². The van der Waals surface area contributed by atoms with E-state index in [2.05, 4.69) is 20.5 Å². The summed E-state index contributed by atoms with van der Waals surface area (Å²) >= 11 is 0. The molecule has 4 unspecified atom stereocenters. The second-order valence-corrected chi connectivity index (χ2v) is 22.0. The van der Waals surface area contributed by atoms with Crippen molar-refractivity contribution >= 4 is 43.2 Å². The average Bonchev–Trinajstić information content (AvgIpc) is 3.22. The van der Waals surface area contributed by atoms with E-state index in [0.717, 1.165) is 83.6 Å². The summed E-state index contributed by atoms with van der Waals surface area (Å²) in [5.41, 5.74) is 5.53. The molecule has 0 bridgehead atoms. The third-order valence-corrected chi connectivity index (χ3v) is 13.5. The van der Waals surface area contributed by atoms with Gasteiger partial charge < -0.3 is 59.7 Å². The van der Waals surface area contributed by atoms with Gasteiger partial charge in [-0.2, -0.15) is 0 Å². The molecule has 0 spiro atoms. The van der Waals surface area contributed by atoms with E-state index >= 15 is 0 Å². The third-order valence-electron chi connectivity index (χ3n) is 11.0. The lowest BCUT2D eigenvalue weighted by Gasteiger charge is -2.45. The van der Waals surface area contributed by atoms with Crippen LogP contribution in [0.4, 0.5) is 0 Å². The van der Waals surface area contributed by atoms with Crippen molar-refractivity contribution in [2.24, 2.45) is 5.73 Å². The largest absolute Gasteiger partial charge is 0.472 e. The molecule has 1 rings (SSSR count). The van der Waals surface area contributed by atoms with Crippen LogP contribution in [0.5, 0.6) is 0 Å². The summed E-state index contributed by atoms with van der Waals surface area (Å²) in [6.45, 7) is 1.27. The quantitative estimate of drug-likeness (QED) is 0.0174. The van der Waals surface area contributed by atoms with Gasteiger partial charge in [-0.25, -0.2) is 18.3 Å². The number of aliphatic hydroxyl groups is 2. The van der Waals surface area contributed by atoms with Crippen LogP contribution in [-0.2, 0) is 59.9 Å². The Hall–Kier alpha value is -0.740. The van der Waals surface area contributed by atoms with E-state index in [4.69, 9.17) is 24.3 Å². The highest BCUT2D eigenvalue weighted by Gasteiger charge is 2.59. The van der Waals surface area contributed by atoms with Gasteiger partial charge in [0.25, 0.3) is 0 Å². The van der Waals surface area contributed by atoms with Crippen molar-refractivity contribution in [1.82, 2.24) is 0 Å². The second kappa shape index (κ2) is 35.4. The van der Waals surface area contributed by atoms with Crippen LogP contribution in [0.3, 0.4) is 0 Å². The monoisotopic (exact) mass is 1050 g/mol. The lowest BCUT2D eigenvalue weighted by Crippen LogP contribution is -2.65. The van der Waals surface area contributed by atoms with Gasteiger partial charge in [-0.15, -0.1) is 0 Å². The molecule has 398 valence electrons. The Morgan fingerprint density at radius 2 is 0.806 bits per heavy atom. The minimum absolute atomic E-state index is 0.0325. The maximum Gasteiger partial charge on any atom is 0.472 e. The first-order valence-corrected chi connectivity index (χ1v) is 29.9. The average molecular weight is 1050 g/mol. The van der Waals surface area contributed by atoms with Crippen molar-refractivity contribution < 1.29 is 104 Å². The predicted octanol–water partition coefficient (Wildman–Crippen LogP) is 6.62. The fraction of sp³-hybridized carbons (Fsp3) is 0.950. The Morgan fingerprint density at radius 1 is 0.463 bits per heavy atom. The molecule has 23 nitrogen and oxygen atoms in total. The zero-order chi connectivity index (χ0) is 50.4. The smallest absolute Gasteiger partial charge is 0.462 e. The summed E-state index contributed by atoms with van der Waals surface area (Å²) in [6.07, 6.45) is 8.44. The van der Waals surface area contributed by atoms with Crippen LogP contribution in [0, 0.1) is 0 Å². The van der Waals surface area contributed by atoms with Gasteiger partial charge in [0.15, 0.2) is 6.10 Å². The number of nitrogens with two attached hydrogens (primary N) is 1. The number of aliphatic hydroxyl groups excluding tert-OH is 2. The van der Waals surface area contributed by atoms with Crippen molar-refractivity contribution in [2.75, 3.05) is 19.8 Å². The van der Waals surface area contributed by atoms with E-state index in [0.29, 0.717) is 12.8 Å². The highest BCUT2D eigenvalue weighted by Crippen LogP contribution is 2.53. The molecule has 1 aliphatic carbocycles. The van der Waals surface area contributed by atoms with Crippen LogP contribution in [0.15, 0.2) is 0 Å². The molecule has 0 aromatic heterocycles. The van der Waals surface area contributed by atoms with E-state index in [9.17, 15) is 72.3 Å². The Labute approximate surface area is 395 Å². The van der Waals surface area contributed by atoms with Gasteiger partial charge in [0.1, 0.15) is 43.2 Å². The fourth-order valence-corrected chi connectivity index (χ4v) is 10.2. The van der Waals surface area contributed by atoms with Gasteiger partial charge in [-0.1, -0.05) is 148 Å². The molecule has 11 N–H and O–H groups in total. The Morgan fingerprint density at radius 3 is 1.18 bits per heavy atom. The number of hydrogen-bond donors (Lipinski definition) is 10. The van der Waals surface area contributed by atoms with Gasteiger partial charge in [-0.05, 0) is 25.8 Å². The first kappa shape index (κ1) is 64.3. The number of carbonyl (C=O) groups is 2. The minimum atomic E-state index is -5.79. The summed E-state index contributed by atoms with van der Waals surface area (Å²) in [7, 11) is -23.0. The number of carbonyl (C=O) groups excluding carboxylic acids is 2. The number of phosphoric ester groups is 4. The third kappa shape index (κ3) is 33.5. The topological polar surface area (TPSA) is 375 Å². The second-order valence-electron chi connectivity index (χ2n) is 17.1. The zero-order valence-corrected chi connectivity index (χ0v) is 42.5. The van der Waals surface area contributed by atoms with Crippen molar-refractivity contribution in [3.05, 3.63) is 0 Å². The van der Waals surface area contributed by atoms with Crippen LogP contribution in [0.2, 0.25) is 0 Å². The molecule has 67 heavy (non-hydrogen) atoms. The predicted molar refractivity (Wildman–Crippen MR) is 244 cm³/mol. The number of ether oxygens (including phenoxy) is 2. The normalized spacial score (nSPS) is 21.8. The molecule has 1 fully saturated rings. The molecular formula is C40H81NO22P4. The van der Waals surface area contributed by atoms with Gasteiger partial charge in [0, 0.05) is 12.8 Å². The number of rotatable bonds is 42. The Balaban J connectivity index is 2.91. The summed E-state index contributed by atoms with van der Waals surface area (Å²) in [5.74, 6) is -1.40. The standard InChI is InChI=1S/C40H81NO22P4/c1-2-3-4-5-6-7-8-9-13-16-19-22-25-28-34(43)59-32(30-57-33(42)27-24-21-18-15-12-10-11-14-17-20-23-26-29-41)31-58-67(55,56)63-37-35(44)38(60-64(46,47)48)40(62-66(52,53)54)39(36(37)45)61-65(49,50)51/h32,35-40,44-45H,2-31,41H2,1H3,(H,55,56)(H2,46,47,48)(H2,49,50,51)(H2,52,53,54)/t32-,35+,36?,37?,38+,39-,40?/m1/s1. The molecule has 0 amide bonds. The maximum atomic E-state index is 13.2. The summed E-state index contributed by atoms with van der Waals surface area (Å²) in [6, 6.07) is 0. The number of hydrogen-bond acceptors (Lipinski definition) is 16. The molecule has 27 heteroatoms. The van der Waals surface area contributed by atoms with Crippen LogP contribution in [-0.4, -0.2) is 119 Å². The van der Waals surface area contributed by atoms with Crippen molar-refractivity contribution in [3.63, 3.8) is 0 Å². The lowest BCUT2D eigenvalue weighted by molar-refractivity contribution is -0.209. The highest BCUT2D eigenvalue weighted by atomic mass is 31.2. The molecular weight excluding hydrogens is 970 g/mol. The van der Waals surface area contributed by atoms with Gasteiger partial charge in [0.05, 0.1) is 6.61 Å². The molecule has 0 aromatic carbocycles. The van der Waals surface area contributed by atoms with Crippen molar-refractivity contribution in [1.29, 1.82) is 0 Å². The summed E-state index contributed by atoms with van der Waals surface area (Å²) in [5, 5.41) is 21.8. The van der Waals surface area contributed by atoms with Gasteiger partial charge in [-0.3, -0.25) is 32.2 Å². The molecule has 8 atom stereocenters. The van der Waals surface area contributed by atoms with Crippen LogP contribution in [0.25, 0.3) is 0 Å². The molecule has 0 saturated heterocycles. The SMILES string of the molecule is CCCCCCCCCCCCCCCC(=O)O[C@H](COC(=O)CCCCCCCCCCCCCCN)COP(=O)(O)OC1C(O)[C@@H](OP(=O)(O)O)C(OP(=O)(O)O)[C@@H](OP(=O)(O)O)[C@H]1O. The van der Waals surface area contributed by atoms with E-state index in [1.54, 1.807) is 0 Å². The number of esters is 2. The Kier molecular flexibility index (Phi) is 34.0. The number of phosphoric acid groups is 4. The molecule has 0 aliphatic heterocycles. The Bertz CT molecular complexity index is 1490. The van der Waals surface area contributed by atoms with Crippen LogP contribution in [0.1, 0.15) is 180 Å². The molecule has 0 radical (unpaired) electrons. The first-order valence-electron chi connectivity index (χ1n) is 23.8. The lowest BCUT2D eigenvalue weighted by atomic mass is 9.85. The van der Waals surface area contributed by atoms with E-state index in [1.165, 1.54) is 70.6 Å². The summed E-state index contributed by atoms with van der Waals surface area (Å²) in [4.78, 5) is 92.7. The maximum absolute atomic E-state index is 13.2. The minimum Gasteiger partial charge on any atom is -0.462 e. The van der Waals surface area contributed by atoms with Crippen molar-refractivity contribution in [2.45, 2.75) is 223 Å². The fourth-order valence-electron chi connectivity index (χ4n) is 7.57. The zero-order valence-electron chi connectivity index (χ0n) is 39.0. The van der Waals surface area contributed by atoms with Crippen LogP contribution < -0.4 is 5.73 Å². The first-order chi connectivity index (χ1) is 31.5. The molecule has 1 saturated carbocycles. The molecule has 0 heterocycles. The van der Waals surface area contributed by atoms with E-state index in [-0.39, 0.29) is 12.8 Å². The molecule has 1 aliphatic rings. The van der Waals surface area contributed by atoms with Crippen LogP contribution >= 0.6 is 31.3 Å².